The highest BCUT2D eigenvalue weighted by atomic mass is 32.2. The lowest BCUT2D eigenvalue weighted by atomic mass is 9.66. The first kappa shape index (κ1) is 28.3. The minimum atomic E-state index is -0.579. The maximum absolute atomic E-state index is 14.0. The maximum atomic E-state index is 14.0. The molecular formula is C27H47N3O4S. The number of nitrogens with zero attached hydrogens (tertiary/aromatic N) is 1. The molecule has 200 valence electrons. The van der Waals surface area contributed by atoms with Gasteiger partial charge in [0.1, 0.15) is 6.04 Å². The third kappa shape index (κ3) is 5.53. The second kappa shape index (κ2) is 10.2. The van der Waals surface area contributed by atoms with Crippen LogP contribution >= 0.6 is 11.8 Å². The lowest BCUT2D eigenvalue weighted by molar-refractivity contribution is -0.141. The van der Waals surface area contributed by atoms with Crippen molar-refractivity contribution in [1.29, 1.82) is 0 Å². The van der Waals surface area contributed by atoms with E-state index in [1.165, 1.54) is 0 Å². The van der Waals surface area contributed by atoms with Crippen LogP contribution in [0.4, 0.5) is 0 Å². The molecule has 2 bridgehead atoms. The summed E-state index contributed by atoms with van der Waals surface area (Å²) in [4.78, 5) is 43.1. The normalized spacial score (nSPS) is 32.2. The van der Waals surface area contributed by atoms with Crippen LogP contribution in [0.2, 0.25) is 0 Å². The second-order valence-electron chi connectivity index (χ2n) is 12.9. The zero-order chi connectivity index (χ0) is 26.2. The van der Waals surface area contributed by atoms with Gasteiger partial charge in [-0.15, -0.1) is 11.8 Å². The van der Waals surface area contributed by atoms with Crippen molar-refractivity contribution in [1.82, 2.24) is 15.5 Å². The minimum absolute atomic E-state index is 0.0452. The topological polar surface area (TPSA) is 98.7 Å². The van der Waals surface area contributed by atoms with Crippen LogP contribution in [-0.4, -0.2) is 68.5 Å². The van der Waals surface area contributed by atoms with Gasteiger partial charge in [0.15, 0.2) is 0 Å². The van der Waals surface area contributed by atoms with Crippen LogP contribution in [0.15, 0.2) is 0 Å². The molecule has 0 radical (unpaired) electrons. The van der Waals surface area contributed by atoms with Gasteiger partial charge in [-0.3, -0.25) is 14.4 Å². The summed E-state index contributed by atoms with van der Waals surface area (Å²) in [6.45, 7) is 15.9. The van der Waals surface area contributed by atoms with E-state index in [1.807, 2.05) is 6.92 Å². The van der Waals surface area contributed by atoms with E-state index in [2.05, 4.69) is 52.2 Å². The molecule has 3 saturated heterocycles. The smallest absolute Gasteiger partial charge is 0.244 e. The van der Waals surface area contributed by atoms with E-state index >= 15 is 0 Å². The standard InChI is InChI=1S/C27H47N3O4S/c1-8-14-28-21(32)18-19-23(34)30(15-10-9-11-16-31)20(27(19)13-12-26(18,7)35-27)22(33)29-25(5,6)17-24(2,3)4/h18-20,31H,8-17H2,1-7H3,(H,28,32)(H,29,33)/t18-,19-,20?,26+,27?/m0/s1. The molecule has 3 rings (SSSR count). The van der Waals surface area contributed by atoms with Crippen LogP contribution < -0.4 is 10.6 Å². The average molecular weight is 510 g/mol. The van der Waals surface area contributed by atoms with Crippen LogP contribution in [-0.2, 0) is 14.4 Å². The number of unbranched alkanes of at least 4 members (excludes halogenated alkanes) is 2. The fraction of sp³-hybridized carbons (Fsp3) is 0.889. The molecule has 35 heavy (non-hydrogen) atoms. The first-order valence-corrected chi connectivity index (χ1v) is 14.2. The summed E-state index contributed by atoms with van der Waals surface area (Å²) in [7, 11) is 0. The van der Waals surface area contributed by atoms with Gasteiger partial charge in [0, 0.05) is 30.0 Å². The maximum Gasteiger partial charge on any atom is 0.244 e. The molecule has 3 aliphatic rings. The molecule has 8 heteroatoms. The van der Waals surface area contributed by atoms with Crippen molar-refractivity contribution in [3.8, 4) is 0 Å². The molecule has 7 nitrogen and oxygen atoms in total. The Labute approximate surface area is 215 Å². The lowest BCUT2D eigenvalue weighted by Gasteiger charge is -2.38. The summed E-state index contributed by atoms with van der Waals surface area (Å²) in [6, 6.07) is -0.579. The van der Waals surface area contributed by atoms with Crippen molar-refractivity contribution >= 4 is 29.5 Å². The van der Waals surface area contributed by atoms with E-state index in [0.717, 1.165) is 38.5 Å². The number of aliphatic hydroxyl groups excluding tert-OH is 1. The number of thioether (sulfide) groups is 1. The van der Waals surface area contributed by atoms with E-state index in [-0.39, 0.29) is 34.5 Å². The predicted octanol–water partition coefficient (Wildman–Crippen LogP) is 3.49. The Hall–Kier alpha value is -1.28. The SMILES string of the molecule is CCCNC(=O)[C@@H]1[C@H]2C(=O)N(CCCCCO)C(C(=O)NC(C)(C)CC(C)(C)C)C23CC[C@@]1(C)S3. The molecular weight excluding hydrogens is 462 g/mol. The van der Waals surface area contributed by atoms with E-state index in [9.17, 15) is 19.5 Å². The minimum Gasteiger partial charge on any atom is -0.396 e. The van der Waals surface area contributed by atoms with Crippen LogP contribution in [0, 0.1) is 17.3 Å². The van der Waals surface area contributed by atoms with Crippen molar-refractivity contribution in [3.63, 3.8) is 0 Å². The number of amides is 3. The summed E-state index contributed by atoms with van der Waals surface area (Å²) in [5.74, 6) is -1.07. The van der Waals surface area contributed by atoms with Gasteiger partial charge in [0.2, 0.25) is 17.7 Å². The van der Waals surface area contributed by atoms with Crippen molar-refractivity contribution in [2.24, 2.45) is 17.3 Å². The average Bonchev–Trinajstić information content (AvgIpc) is 3.28. The quantitative estimate of drug-likeness (QED) is 0.370. The van der Waals surface area contributed by atoms with Gasteiger partial charge >= 0.3 is 0 Å². The fourth-order valence-corrected chi connectivity index (χ4v) is 9.42. The molecule has 0 aromatic heterocycles. The van der Waals surface area contributed by atoms with Crippen LogP contribution in [0.5, 0.6) is 0 Å². The highest BCUT2D eigenvalue weighted by Crippen LogP contribution is 2.71. The Kier molecular flexibility index (Phi) is 8.27. The number of rotatable bonds is 11. The monoisotopic (exact) mass is 509 g/mol. The van der Waals surface area contributed by atoms with Crippen molar-refractivity contribution in [2.75, 3.05) is 19.7 Å². The van der Waals surface area contributed by atoms with E-state index in [1.54, 1.807) is 16.7 Å². The summed E-state index contributed by atoms with van der Waals surface area (Å²) < 4.78 is -0.903. The Balaban J connectivity index is 1.94. The molecule has 0 aromatic carbocycles. The number of carbonyl (C=O) groups excluding carboxylic acids is 3. The van der Waals surface area contributed by atoms with E-state index < -0.39 is 28.2 Å². The molecule has 0 aliphatic carbocycles. The van der Waals surface area contributed by atoms with Gasteiger partial charge < -0.3 is 20.6 Å². The van der Waals surface area contributed by atoms with Crippen LogP contribution in [0.3, 0.4) is 0 Å². The second-order valence-corrected chi connectivity index (χ2v) is 14.8. The van der Waals surface area contributed by atoms with E-state index in [4.69, 9.17) is 0 Å². The Morgan fingerprint density at radius 2 is 1.80 bits per heavy atom. The molecule has 3 aliphatic heterocycles. The van der Waals surface area contributed by atoms with Gasteiger partial charge in [0.25, 0.3) is 0 Å². The summed E-state index contributed by atoms with van der Waals surface area (Å²) in [5.41, 5.74) is -0.373. The molecule has 0 saturated carbocycles. The number of nitrogens with one attached hydrogen (secondary N) is 2. The highest BCUT2D eigenvalue weighted by Gasteiger charge is 2.77. The van der Waals surface area contributed by atoms with Crippen LogP contribution in [0.1, 0.15) is 93.4 Å². The molecule has 0 aromatic rings. The largest absolute Gasteiger partial charge is 0.396 e. The van der Waals surface area contributed by atoms with Gasteiger partial charge in [-0.1, -0.05) is 27.7 Å². The first-order valence-electron chi connectivity index (χ1n) is 13.4. The first-order chi connectivity index (χ1) is 16.2. The molecule has 3 N–H and O–H groups in total. The molecule has 1 spiro atoms. The number of hydrogen-bond donors (Lipinski definition) is 3. The van der Waals surface area contributed by atoms with Crippen molar-refractivity contribution in [3.05, 3.63) is 0 Å². The van der Waals surface area contributed by atoms with Gasteiger partial charge in [-0.25, -0.2) is 0 Å². The lowest BCUT2D eigenvalue weighted by Crippen LogP contribution is -2.58. The van der Waals surface area contributed by atoms with Crippen molar-refractivity contribution < 1.29 is 19.5 Å². The number of likely N-dealkylation sites (tertiary alicyclic amines) is 1. The summed E-state index contributed by atoms with van der Waals surface area (Å²) in [6.07, 6.45) is 5.47. The van der Waals surface area contributed by atoms with Gasteiger partial charge in [0.05, 0.1) is 16.6 Å². The number of carbonyl (C=O) groups is 3. The summed E-state index contributed by atoms with van der Waals surface area (Å²) >= 11 is 1.72. The molecule has 2 unspecified atom stereocenters. The number of fused-ring (bicyclic) bond motifs is 1. The van der Waals surface area contributed by atoms with Gasteiger partial charge in [-0.2, -0.15) is 0 Å². The summed E-state index contributed by atoms with van der Waals surface area (Å²) in [5, 5.41) is 15.5. The fourth-order valence-electron chi connectivity index (χ4n) is 7.07. The molecule has 3 heterocycles. The molecule has 3 amide bonds. The van der Waals surface area contributed by atoms with Crippen LogP contribution in [0.25, 0.3) is 0 Å². The third-order valence-electron chi connectivity index (χ3n) is 7.85. The Morgan fingerprint density at radius 1 is 1.11 bits per heavy atom. The number of hydrogen-bond acceptors (Lipinski definition) is 5. The zero-order valence-corrected chi connectivity index (χ0v) is 23.6. The molecule has 5 atom stereocenters. The third-order valence-corrected chi connectivity index (χ3v) is 9.83. The zero-order valence-electron chi connectivity index (χ0n) is 22.8. The predicted molar refractivity (Wildman–Crippen MR) is 141 cm³/mol. The van der Waals surface area contributed by atoms with E-state index in [0.29, 0.717) is 19.5 Å². The Morgan fingerprint density at radius 3 is 2.40 bits per heavy atom. The van der Waals surface area contributed by atoms with Crippen molar-refractivity contribution in [2.45, 2.75) is 114 Å². The number of aliphatic hydroxyl groups is 1. The highest BCUT2D eigenvalue weighted by molar-refractivity contribution is 8.02. The Bertz CT molecular complexity index is 826. The van der Waals surface area contributed by atoms with Gasteiger partial charge in [-0.05, 0) is 71.1 Å². The molecule has 3 fully saturated rings.